The van der Waals surface area contributed by atoms with Crippen LogP contribution in [0.5, 0.6) is 0 Å². The molecule has 0 spiro atoms. The minimum atomic E-state index is 0.482. The number of nitrogens with two attached hydrogens (primary N) is 1. The Morgan fingerprint density at radius 1 is 1.33 bits per heavy atom. The van der Waals surface area contributed by atoms with Gasteiger partial charge in [-0.05, 0) is 44.6 Å². The third kappa shape index (κ3) is 2.90. The van der Waals surface area contributed by atoms with Gasteiger partial charge in [-0.2, -0.15) is 4.98 Å². The lowest BCUT2D eigenvalue weighted by molar-refractivity contribution is 0.264. The first-order chi connectivity index (χ1) is 7.29. The van der Waals surface area contributed by atoms with Crippen LogP contribution in [-0.4, -0.2) is 16.7 Å². The highest BCUT2D eigenvalue weighted by Gasteiger charge is 2.25. The fourth-order valence-electron chi connectivity index (χ4n) is 2.32. The molecular weight excluding hydrogens is 305 g/mol. The molecule has 4 nitrogen and oxygen atoms in total. The molecule has 2 N–H and O–H groups in total. The molecule has 0 amide bonds. The van der Waals surface area contributed by atoms with Crippen molar-refractivity contribution in [2.45, 2.75) is 38.0 Å². The predicted octanol–water partition coefficient (Wildman–Crippen LogP) is 2.30. The van der Waals surface area contributed by atoms with E-state index in [9.17, 15) is 0 Å². The molecule has 0 bridgehead atoms. The van der Waals surface area contributed by atoms with Gasteiger partial charge in [-0.25, -0.2) is 0 Å². The normalized spacial score (nSPS) is 26.8. The van der Waals surface area contributed by atoms with Gasteiger partial charge in [0.15, 0.2) is 0 Å². The van der Waals surface area contributed by atoms with Gasteiger partial charge in [0.25, 0.3) is 0 Å². The van der Waals surface area contributed by atoms with Crippen molar-refractivity contribution < 1.29 is 4.52 Å². The highest BCUT2D eigenvalue weighted by Crippen LogP contribution is 2.36. The largest absolute Gasteiger partial charge is 0.338 e. The summed E-state index contributed by atoms with van der Waals surface area (Å²) in [5.74, 6) is 2.12. The van der Waals surface area contributed by atoms with E-state index in [2.05, 4.69) is 32.7 Å². The minimum Gasteiger partial charge on any atom is -0.338 e. The maximum atomic E-state index is 5.57. The van der Waals surface area contributed by atoms with Gasteiger partial charge in [0.1, 0.15) is 0 Å². The molecule has 15 heavy (non-hydrogen) atoms. The van der Waals surface area contributed by atoms with E-state index >= 15 is 0 Å². The van der Waals surface area contributed by atoms with Crippen LogP contribution >= 0.6 is 22.6 Å². The van der Waals surface area contributed by atoms with Crippen LogP contribution in [0.2, 0.25) is 0 Å². The lowest BCUT2D eigenvalue weighted by atomic mass is 9.80. The van der Waals surface area contributed by atoms with Crippen LogP contribution in [0.4, 0.5) is 0 Å². The van der Waals surface area contributed by atoms with Crippen LogP contribution < -0.4 is 5.73 Å². The molecule has 1 aromatic heterocycles. The predicted molar refractivity (Wildman–Crippen MR) is 65.4 cm³/mol. The van der Waals surface area contributed by atoms with Gasteiger partial charge in [-0.3, -0.25) is 0 Å². The molecule has 84 valence electrons. The molecule has 1 aromatic rings. The zero-order chi connectivity index (χ0) is 10.7. The quantitative estimate of drug-likeness (QED) is 0.868. The lowest BCUT2D eigenvalue weighted by Gasteiger charge is -2.25. The topological polar surface area (TPSA) is 64.9 Å². The Bertz CT molecular complexity index is 307. The first kappa shape index (κ1) is 11.3. The molecule has 5 heteroatoms. The second-order valence-electron chi connectivity index (χ2n) is 4.20. The van der Waals surface area contributed by atoms with Crippen molar-refractivity contribution in [3.8, 4) is 0 Å². The van der Waals surface area contributed by atoms with E-state index in [4.69, 9.17) is 10.3 Å². The summed E-state index contributed by atoms with van der Waals surface area (Å²) in [5, 5.41) is 3.83. The zero-order valence-electron chi connectivity index (χ0n) is 8.66. The highest BCUT2D eigenvalue weighted by molar-refractivity contribution is 14.1. The van der Waals surface area contributed by atoms with E-state index < -0.39 is 0 Å². The fourth-order valence-corrected chi connectivity index (χ4v) is 2.65. The molecule has 0 aromatic carbocycles. The summed E-state index contributed by atoms with van der Waals surface area (Å²) in [7, 11) is 0. The standard InChI is InChI=1S/C10H16IN3O/c11-10-13-9(15-14-10)8-3-1-7(2-4-8)5-6-12/h7-8H,1-6,12H2. The van der Waals surface area contributed by atoms with Gasteiger partial charge in [0.2, 0.25) is 9.72 Å². The maximum absolute atomic E-state index is 5.57. The molecule has 1 heterocycles. The second kappa shape index (κ2) is 5.25. The van der Waals surface area contributed by atoms with Crippen molar-refractivity contribution in [3.05, 3.63) is 9.72 Å². The van der Waals surface area contributed by atoms with Gasteiger partial charge in [-0.15, -0.1) is 0 Å². The van der Waals surface area contributed by atoms with Gasteiger partial charge in [0, 0.05) is 28.5 Å². The van der Waals surface area contributed by atoms with Crippen LogP contribution in [0, 0.1) is 9.75 Å². The van der Waals surface area contributed by atoms with E-state index in [1.165, 1.54) is 25.7 Å². The lowest BCUT2D eigenvalue weighted by Crippen LogP contribution is -2.16. The van der Waals surface area contributed by atoms with Crippen molar-refractivity contribution in [3.63, 3.8) is 0 Å². The van der Waals surface area contributed by atoms with E-state index in [-0.39, 0.29) is 0 Å². The average Bonchev–Trinajstić information content (AvgIpc) is 2.67. The molecule has 1 aliphatic carbocycles. The molecule has 0 aliphatic heterocycles. The van der Waals surface area contributed by atoms with Crippen molar-refractivity contribution in [2.24, 2.45) is 11.7 Å². The molecular formula is C10H16IN3O. The maximum Gasteiger partial charge on any atom is 0.232 e. The van der Waals surface area contributed by atoms with E-state index in [0.717, 1.165) is 24.8 Å². The van der Waals surface area contributed by atoms with Crippen molar-refractivity contribution in [2.75, 3.05) is 6.54 Å². The van der Waals surface area contributed by atoms with Crippen molar-refractivity contribution in [1.29, 1.82) is 0 Å². The smallest absolute Gasteiger partial charge is 0.232 e. The Kier molecular flexibility index (Phi) is 3.96. The van der Waals surface area contributed by atoms with E-state index in [1.54, 1.807) is 0 Å². The zero-order valence-corrected chi connectivity index (χ0v) is 10.8. The highest BCUT2D eigenvalue weighted by atomic mass is 127. The Morgan fingerprint density at radius 2 is 2.07 bits per heavy atom. The number of aromatic nitrogens is 2. The van der Waals surface area contributed by atoms with Crippen molar-refractivity contribution >= 4 is 22.6 Å². The third-order valence-corrected chi connectivity index (χ3v) is 3.63. The molecule has 1 fully saturated rings. The monoisotopic (exact) mass is 321 g/mol. The fraction of sp³-hybridized carbons (Fsp3) is 0.800. The number of hydrogen-bond acceptors (Lipinski definition) is 4. The molecule has 0 unspecified atom stereocenters. The van der Waals surface area contributed by atoms with Crippen LogP contribution in [0.1, 0.15) is 43.9 Å². The summed E-state index contributed by atoms with van der Waals surface area (Å²) < 4.78 is 5.92. The Hall–Kier alpha value is -0.170. The summed E-state index contributed by atoms with van der Waals surface area (Å²) in [6.45, 7) is 0.813. The number of hydrogen-bond donors (Lipinski definition) is 1. The molecule has 1 aliphatic rings. The summed E-state index contributed by atoms with van der Waals surface area (Å²) in [4.78, 5) is 4.29. The van der Waals surface area contributed by atoms with Gasteiger partial charge in [0.05, 0.1) is 0 Å². The molecule has 0 saturated heterocycles. The summed E-state index contributed by atoms with van der Waals surface area (Å²) >= 11 is 2.08. The summed E-state index contributed by atoms with van der Waals surface area (Å²) in [6, 6.07) is 0. The van der Waals surface area contributed by atoms with E-state index in [1.807, 2.05) is 0 Å². The van der Waals surface area contributed by atoms with Crippen LogP contribution in [0.15, 0.2) is 4.52 Å². The van der Waals surface area contributed by atoms with E-state index in [0.29, 0.717) is 9.75 Å². The summed E-state index contributed by atoms with van der Waals surface area (Å²) in [5.41, 5.74) is 5.57. The third-order valence-electron chi connectivity index (χ3n) is 3.19. The van der Waals surface area contributed by atoms with Crippen molar-refractivity contribution in [1.82, 2.24) is 10.1 Å². The Labute approximate surface area is 103 Å². The first-order valence-corrected chi connectivity index (χ1v) is 6.56. The SMILES string of the molecule is NCCC1CCC(c2nc(I)no2)CC1. The average molecular weight is 321 g/mol. The summed E-state index contributed by atoms with van der Waals surface area (Å²) in [6.07, 6.45) is 6.00. The van der Waals surface area contributed by atoms with Gasteiger partial charge in [-0.1, -0.05) is 5.16 Å². The van der Waals surface area contributed by atoms with Gasteiger partial charge >= 0.3 is 0 Å². The number of rotatable bonds is 3. The Morgan fingerprint density at radius 3 is 2.60 bits per heavy atom. The van der Waals surface area contributed by atoms with Crippen LogP contribution in [0.3, 0.4) is 0 Å². The molecule has 1 saturated carbocycles. The van der Waals surface area contributed by atoms with Gasteiger partial charge < -0.3 is 10.3 Å². The van der Waals surface area contributed by atoms with Crippen LogP contribution in [0.25, 0.3) is 0 Å². The number of nitrogens with zero attached hydrogens (tertiary/aromatic N) is 2. The Balaban J connectivity index is 1.88. The first-order valence-electron chi connectivity index (χ1n) is 5.48. The second-order valence-corrected chi connectivity index (χ2v) is 5.16. The molecule has 2 rings (SSSR count). The molecule has 0 atom stereocenters. The molecule has 0 radical (unpaired) electrons. The van der Waals surface area contributed by atoms with Crippen LogP contribution in [-0.2, 0) is 0 Å². The number of halogens is 1. The minimum absolute atomic E-state index is 0.482.